The number of sulfonamides is 1. The number of benzene rings is 1. The Labute approximate surface area is 167 Å². The van der Waals surface area contributed by atoms with E-state index in [9.17, 15) is 8.42 Å². The summed E-state index contributed by atoms with van der Waals surface area (Å²) in [5.74, 6) is 1.68. The molecule has 1 aromatic carbocycles. The molecule has 0 saturated carbocycles. The van der Waals surface area contributed by atoms with Crippen molar-refractivity contribution in [3.05, 3.63) is 41.6 Å². The molecule has 0 amide bonds. The molecule has 8 heteroatoms. The highest BCUT2D eigenvalue weighted by Gasteiger charge is 2.29. The van der Waals surface area contributed by atoms with E-state index in [-0.39, 0.29) is 0 Å². The Morgan fingerprint density at radius 2 is 1.46 bits per heavy atom. The summed E-state index contributed by atoms with van der Waals surface area (Å²) in [7, 11) is -3.46. The fraction of sp³-hybridized carbons (Fsp3) is 0.500. The van der Waals surface area contributed by atoms with Gasteiger partial charge in [-0.2, -0.15) is 9.29 Å². The minimum atomic E-state index is -3.46. The molecule has 1 aromatic heterocycles. The molecule has 2 saturated heterocycles. The van der Waals surface area contributed by atoms with Crippen LogP contribution in [0.25, 0.3) is 0 Å². The van der Waals surface area contributed by atoms with Crippen molar-refractivity contribution in [3.63, 3.8) is 0 Å². The van der Waals surface area contributed by atoms with Gasteiger partial charge in [-0.25, -0.2) is 13.4 Å². The van der Waals surface area contributed by atoms with Crippen LogP contribution in [-0.2, 0) is 10.0 Å². The largest absolute Gasteiger partial charge is 0.356 e. The quantitative estimate of drug-likeness (QED) is 0.782. The van der Waals surface area contributed by atoms with Gasteiger partial charge in [-0.05, 0) is 38.8 Å². The van der Waals surface area contributed by atoms with E-state index in [1.807, 2.05) is 32.0 Å². The first-order valence-corrected chi connectivity index (χ1v) is 11.3. The van der Waals surface area contributed by atoms with Crippen LogP contribution in [0, 0.1) is 13.8 Å². The average molecular weight is 402 g/mol. The molecule has 150 valence electrons. The van der Waals surface area contributed by atoms with Crippen molar-refractivity contribution in [1.82, 2.24) is 14.3 Å². The topological polar surface area (TPSA) is 69.6 Å². The van der Waals surface area contributed by atoms with E-state index in [4.69, 9.17) is 4.98 Å². The van der Waals surface area contributed by atoms with Crippen LogP contribution >= 0.6 is 0 Å². The molecule has 0 spiro atoms. The van der Waals surface area contributed by atoms with Crippen LogP contribution in [0.4, 0.5) is 11.8 Å². The second kappa shape index (κ2) is 7.67. The van der Waals surface area contributed by atoms with Crippen LogP contribution in [0.15, 0.2) is 35.2 Å². The molecule has 7 nitrogen and oxygen atoms in total. The lowest BCUT2D eigenvalue weighted by atomic mass is 10.2. The van der Waals surface area contributed by atoms with Crippen molar-refractivity contribution >= 4 is 21.8 Å². The van der Waals surface area contributed by atoms with E-state index in [1.54, 1.807) is 16.4 Å². The lowest BCUT2D eigenvalue weighted by molar-refractivity contribution is 0.382. The van der Waals surface area contributed by atoms with Crippen LogP contribution in [0.3, 0.4) is 0 Å². The first kappa shape index (κ1) is 19.1. The first-order valence-electron chi connectivity index (χ1n) is 9.86. The molecule has 2 aromatic rings. The summed E-state index contributed by atoms with van der Waals surface area (Å²) in [5.41, 5.74) is 2.00. The van der Waals surface area contributed by atoms with Gasteiger partial charge in [-0.3, -0.25) is 0 Å². The zero-order valence-electron chi connectivity index (χ0n) is 16.5. The van der Waals surface area contributed by atoms with E-state index in [0.717, 1.165) is 30.2 Å². The SMILES string of the molecule is Cc1ccc(S(=O)(=O)N2CCN(c3nc(C)cc(N4CCCC4)n3)CC2)cc1. The first-order chi connectivity index (χ1) is 13.4. The van der Waals surface area contributed by atoms with Gasteiger partial charge in [0.1, 0.15) is 5.82 Å². The third-order valence-corrected chi connectivity index (χ3v) is 7.35. The molecule has 4 rings (SSSR count). The highest BCUT2D eigenvalue weighted by molar-refractivity contribution is 7.89. The van der Waals surface area contributed by atoms with Crippen molar-refractivity contribution in [2.75, 3.05) is 49.1 Å². The molecule has 2 fully saturated rings. The standard InChI is InChI=1S/C20H27N5O2S/c1-16-5-7-18(8-6-16)28(26,27)25-13-11-24(12-14-25)20-21-17(2)15-19(22-20)23-9-3-4-10-23/h5-8,15H,3-4,9-14H2,1-2H3. The van der Waals surface area contributed by atoms with Gasteiger partial charge in [-0.1, -0.05) is 17.7 Å². The van der Waals surface area contributed by atoms with Crippen molar-refractivity contribution in [2.24, 2.45) is 0 Å². The van der Waals surface area contributed by atoms with Crippen molar-refractivity contribution < 1.29 is 8.42 Å². The van der Waals surface area contributed by atoms with Gasteiger partial charge in [-0.15, -0.1) is 0 Å². The Hall–Kier alpha value is -2.19. The van der Waals surface area contributed by atoms with Gasteiger partial charge < -0.3 is 9.80 Å². The van der Waals surface area contributed by atoms with E-state index in [1.165, 1.54) is 12.8 Å². The van der Waals surface area contributed by atoms with Gasteiger partial charge in [0, 0.05) is 51.0 Å². The fourth-order valence-corrected chi connectivity index (χ4v) is 5.20. The van der Waals surface area contributed by atoms with Crippen LogP contribution in [0.5, 0.6) is 0 Å². The molecule has 0 bridgehead atoms. The Morgan fingerprint density at radius 3 is 2.11 bits per heavy atom. The molecule has 0 radical (unpaired) electrons. The number of hydrogen-bond acceptors (Lipinski definition) is 6. The maximum Gasteiger partial charge on any atom is 0.243 e. The molecule has 0 N–H and O–H groups in total. The van der Waals surface area contributed by atoms with Crippen LogP contribution in [-0.4, -0.2) is 62.0 Å². The lowest BCUT2D eigenvalue weighted by Crippen LogP contribution is -2.49. The number of rotatable bonds is 4. The van der Waals surface area contributed by atoms with Crippen LogP contribution in [0.2, 0.25) is 0 Å². The summed E-state index contributed by atoms with van der Waals surface area (Å²) in [6.07, 6.45) is 2.40. The second-order valence-corrected chi connectivity index (χ2v) is 9.50. The number of aromatic nitrogens is 2. The summed E-state index contributed by atoms with van der Waals surface area (Å²) < 4.78 is 27.3. The number of aryl methyl sites for hydroxylation is 2. The van der Waals surface area contributed by atoms with Gasteiger partial charge in [0.05, 0.1) is 4.90 Å². The van der Waals surface area contributed by atoms with Gasteiger partial charge >= 0.3 is 0 Å². The molecule has 0 unspecified atom stereocenters. The smallest absolute Gasteiger partial charge is 0.243 e. The minimum absolute atomic E-state index is 0.356. The Balaban J connectivity index is 1.47. The summed E-state index contributed by atoms with van der Waals surface area (Å²) in [6, 6.07) is 9.08. The maximum atomic E-state index is 12.9. The molecule has 2 aliphatic heterocycles. The Kier molecular flexibility index (Phi) is 5.25. The molecular formula is C20H27N5O2S. The van der Waals surface area contributed by atoms with Gasteiger partial charge in [0.15, 0.2) is 0 Å². The molecule has 28 heavy (non-hydrogen) atoms. The van der Waals surface area contributed by atoms with Gasteiger partial charge in [0.2, 0.25) is 16.0 Å². The third kappa shape index (κ3) is 3.84. The Bertz CT molecular complexity index is 932. The van der Waals surface area contributed by atoms with E-state index in [0.29, 0.717) is 37.0 Å². The predicted octanol–water partition coefficient (Wildman–Crippen LogP) is 2.20. The van der Waals surface area contributed by atoms with Crippen LogP contribution < -0.4 is 9.80 Å². The van der Waals surface area contributed by atoms with E-state index >= 15 is 0 Å². The third-order valence-electron chi connectivity index (χ3n) is 5.44. The highest BCUT2D eigenvalue weighted by atomic mass is 32.2. The highest BCUT2D eigenvalue weighted by Crippen LogP contribution is 2.23. The fourth-order valence-electron chi connectivity index (χ4n) is 3.77. The summed E-state index contributed by atoms with van der Waals surface area (Å²) in [4.78, 5) is 14.1. The predicted molar refractivity (Wildman–Crippen MR) is 110 cm³/mol. The lowest BCUT2D eigenvalue weighted by Gasteiger charge is -2.34. The maximum absolute atomic E-state index is 12.9. The Morgan fingerprint density at radius 1 is 0.821 bits per heavy atom. The molecule has 3 heterocycles. The second-order valence-electron chi connectivity index (χ2n) is 7.57. The van der Waals surface area contributed by atoms with Crippen LogP contribution in [0.1, 0.15) is 24.1 Å². The van der Waals surface area contributed by atoms with E-state index < -0.39 is 10.0 Å². The number of piperazine rings is 1. The molecule has 0 atom stereocenters. The molecular weight excluding hydrogens is 374 g/mol. The molecule has 0 aliphatic carbocycles. The summed E-state index contributed by atoms with van der Waals surface area (Å²) in [6.45, 7) is 8.08. The zero-order valence-corrected chi connectivity index (χ0v) is 17.3. The average Bonchev–Trinajstić information content (AvgIpc) is 3.23. The molecule has 2 aliphatic rings. The van der Waals surface area contributed by atoms with Crippen molar-refractivity contribution in [3.8, 4) is 0 Å². The number of hydrogen-bond donors (Lipinski definition) is 0. The minimum Gasteiger partial charge on any atom is -0.356 e. The van der Waals surface area contributed by atoms with Gasteiger partial charge in [0.25, 0.3) is 0 Å². The monoisotopic (exact) mass is 401 g/mol. The number of nitrogens with zero attached hydrogens (tertiary/aromatic N) is 5. The summed E-state index contributed by atoms with van der Waals surface area (Å²) >= 11 is 0. The zero-order chi connectivity index (χ0) is 19.7. The van der Waals surface area contributed by atoms with Crippen molar-refractivity contribution in [1.29, 1.82) is 0 Å². The number of anilines is 2. The normalized spacial score (nSPS) is 18.6. The van der Waals surface area contributed by atoms with Crippen molar-refractivity contribution in [2.45, 2.75) is 31.6 Å². The van der Waals surface area contributed by atoms with E-state index in [2.05, 4.69) is 14.8 Å². The summed E-state index contributed by atoms with van der Waals surface area (Å²) in [5, 5.41) is 0.